The van der Waals surface area contributed by atoms with Gasteiger partial charge in [0.2, 0.25) is 0 Å². The Labute approximate surface area is 364 Å². The van der Waals surface area contributed by atoms with Gasteiger partial charge in [-0.05, 0) is 89.9 Å². The molecule has 0 fully saturated rings. The van der Waals surface area contributed by atoms with E-state index in [1.54, 1.807) is 0 Å². The molecule has 0 amide bonds. The topological polar surface area (TPSA) is 78.9 Å². The van der Waals surface area contributed by atoms with Crippen molar-refractivity contribution in [2.45, 2.75) is 245 Å². The van der Waals surface area contributed by atoms with E-state index in [2.05, 4.69) is 75.5 Å². The first kappa shape index (κ1) is 56.1. The number of rotatable bonds is 44. The van der Waals surface area contributed by atoms with E-state index in [1.807, 2.05) is 6.08 Å². The Hall–Kier alpha value is -2.89. The normalized spacial score (nSPS) is 12.5. The van der Waals surface area contributed by atoms with Crippen LogP contribution in [0.1, 0.15) is 239 Å². The Morgan fingerprint density at radius 2 is 0.695 bits per heavy atom. The van der Waals surface area contributed by atoms with Gasteiger partial charge in [-0.1, -0.05) is 191 Å². The van der Waals surface area contributed by atoms with Crippen molar-refractivity contribution in [3.8, 4) is 0 Å². The zero-order chi connectivity index (χ0) is 43.0. The van der Waals surface area contributed by atoms with Gasteiger partial charge in [-0.3, -0.25) is 14.4 Å². The molecule has 1 atom stereocenters. The maximum absolute atomic E-state index is 12.7. The molecule has 0 saturated carbocycles. The molecule has 0 aromatic heterocycles. The Morgan fingerprint density at radius 3 is 1.17 bits per heavy atom. The van der Waals surface area contributed by atoms with Crippen molar-refractivity contribution in [2.75, 3.05) is 13.2 Å². The predicted octanol–water partition coefficient (Wildman–Crippen LogP) is 16.1. The van der Waals surface area contributed by atoms with Crippen LogP contribution >= 0.6 is 0 Å². The van der Waals surface area contributed by atoms with E-state index in [9.17, 15) is 14.4 Å². The first-order valence-corrected chi connectivity index (χ1v) is 24.8. The Morgan fingerprint density at radius 1 is 0.356 bits per heavy atom. The van der Waals surface area contributed by atoms with E-state index >= 15 is 0 Å². The Bertz CT molecular complexity index is 1090. The zero-order valence-electron chi connectivity index (χ0n) is 38.8. The van der Waals surface area contributed by atoms with Crippen LogP contribution in [0.2, 0.25) is 0 Å². The average molecular weight is 825 g/mol. The monoisotopic (exact) mass is 825 g/mol. The summed E-state index contributed by atoms with van der Waals surface area (Å²) in [6.07, 6.45) is 57.9. The molecular weight excluding hydrogens is 733 g/mol. The van der Waals surface area contributed by atoms with Crippen LogP contribution in [0, 0.1) is 0 Å². The number of carbonyl (C=O) groups excluding carboxylic acids is 3. The summed E-state index contributed by atoms with van der Waals surface area (Å²) < 4.78 is 16.7. The highest BCUT2D eigenvalue weighted by atomic mass is 16.6. The minimum Gasteiger partial charge on any atom is -0.462 e. The maximum atomic E-state index is 12.7. The molecule has 0 aliphatic carbocycles. The Balaban J connectivity index is 4.49. The molecule has 0 heterocycles. The summed E-state index contributed by atoms with van der Waals surface area (Å²) in [5, 5.41) is 0. The van der Waals surface area contributed by atoms with Crippen molar-refractivity contribution in [3.63, 3.8) is 0 Å². The van der Waals surface area contributed by atoms with Gasteiger partial charge in [0.1, 0.15) is 13.2 Å². The molecule has 0 aliphatic heterocycles. The summed E-state index contributed by atoms with van der Waals surface area (Å²) in [6, 6.07) is 0. The number of carbonyl (C=O) groups is 3. The molecule has 0 N–H and O–H groups in total. The zero-order valence-corrected chi connectivity index (χ0v) is 38.8. The van der Waals surface area contributed by atoms with E-state index in [0.29, 0.717) is 19.3 Å². The van der Waals surface area contributed by atoms with Crippen LogP contribution in [0.5, 0.6) is 0 Å². The quantitative estimate of drug-likeness (QED) is 0.0200. The second-order valence-electron chi connectivity index (χ2n) is 16.4. The van der Waals surface area contributed by atoms with Gasteiger partial charge in [0.15, 0.2) is 6.10 Å². The van der Waals surface area contributed by atoms with Crippen LogP contribution < -0.4 is 0 Å². The number of hydrogen-bond donors (Lipinski definition) is 0. The molecule has 0 spiro atoms. The lowest BCUT2D eigenvalue weighted by Crippen LogP contribution is -2.30. The largest absolute Gasteiger partial charge is 0.462 e. The van der Waals surface area contributed by atoms with Gasteiger partial charge in [0, 0.05) is 19.3 Å². The molecular formula is C53H92O6. The standard InChI is InChI=1S/C53H92O6/c1-4-7-10-13-16-19-22-25-26-27-29-31-34-37-40-43-46-52(55)58-49-50(48-57-51(54)45-42-39-36-33-30-24-21-18-15-12-9-6-3)59-53(56)47-44-41-38-35-32-28-23-20-17-14-11-8-5-2/h18,21,26-29,31-32,38,41,50H,4-17,19-20,22-25,30,33-37,39-40,42-49H2,1-3H3/b21-18-,27-26-,31-29-,32-28-,41-38-. The molecule has 340 valence electrons. The Kier molecular flexibility index (Phi) is 45.4. The van der Waals surface area contributed by atoms with Gasteiger partial charge in [0.25, 0.3) is 0 Å². The summed E-state index contributed by atoms with van der Waals surface area (Å²) >= 11 is 0. The average Bonchev–Trinajstić information content (AvgIpc) is 3.23. The fraction of sp³-hybridized carbons (Fsp3) is 0.755. The van der Waals surface area contributed by atoms with Crippen LogP contribution in [0.15, 0.2) is 60.8 Å². The number of ether oxygens (including phenoxy) is 3. The molecule has 6 nitrogen and oxygen atoms in total. The lowest BCUT2D eigenvalue weighted by atomic mass is 10.1. The van der Waals surface area contributed by atoms with Crippen LogP contribution in [-0.2, 0) is 28.6 Å². The highest BCUT2D eigenvalue weighted by Crippen LogP contribution is 2.12. The molecule has 0 aromatic rings. The summed E-state index contributed by atoms with van der Waals surface area (Å²) in [5.41, 5.74) is 0. The molecule has 6 heteroatoms. The van der Waals surface area contributed by atoms with Crippen molar-refractivity contribution in [1.29, 1.82) is 0 Å². The van der Waals surface area contributed by atoms with E-state index in [1.165, 1.54) is 116 Å². The summed E-state index contributed by atoms with van der Waals surface area (Å²) in [5.74, 6) is -1.01. The lowest BCUT2D eigenvalue weighted by molar-refractivity contribution is -0.166. The van der Waals surface area contributed by atoms with E-state index < -0.39 is 6.10 Å². The smallest absolute Gasteiger partial charge is 0.306 e. The predicted molar refractivity (Wildman–Crippen MR) is 251 cm³/mol. The molecule has 0 aromatic carbocycles. The number of hydrogen-bond acceptors (Lipinski definition) is 6. The SMILES string of the molecule is CCCCC/C=C\CCCCCCCC(=O)OCC(COC(=O)CCCCC/C=C\C=C/CCCCCCCCC)OC(=O)CC/C=C\C/C=C\CCCCCCCC. The highest BCUT2D eigenvalue weighted by molar-refractivity contribution is 5.71. The van der Waals surface area contributed by atoms with E-state index in [4.69, 9.17) is 14.2 Å². The van der Waals surface area contributed by atoms with Crippen LogP contribution in [0.4, 0.5) is 0 Å². The van der Waals surface area contributed by atoms with Crippen molar-refractivity contribution in [2.24, 2.45) is 0 Å². The second-order valence-corrected chi connectivity index (χ2v) is 16.4. The van der Waals surface area contributed by atoms with Gasteiger partial charge in [-0.15, -0.1) is 0 Å². The number of esters is 3. The third-order valence-electron chi connectivity index (χ3n) is 10.5. The van der Waals surface area contributed by atoms with Crippen LogP contribution in [0.3, 0.4) is 0 Å². The molecule has 0 rings (SSSR count). The molecule has 0 radical (unpaired) electrons. The van der Waals surface area contributed by atoms with Gasteiger partial charge in [-0.2, -0.15) is 0 Å². The van der Waals surface area contributed by atoms with Gasteiger partial charge < -0.3 is 14.2 Å². The summed E-state index contributed by atoms with van der Waals surface area (Å²) in [7, 11) is 0. The number of allylic oxidation sites excluding steroid dienone is 10. The van der Waals surface area contributed by atoms with Crippen molar-refractivity contribution < 1.29 is 28.6 Å². The molecule has 0 saturated heterocycles. The third kappa shape index (κ3) is 46.0. The van der Waals surface area contributed by atoms with E-state index in [0.717, 1.165) is 77.0 Å². The van der Waals surface area contributed by atoms with Crippen molar-refractivity contribution in [1.82, 2.24) is 0 Å². The third-order valence-corrected chi connectivity index (χ3v) is 10.5. The summed E-state index contributed by atoms with van der Waals surface area (Å²) in [4.78, 5) is 37.8. The van der Waals surface area contributed by atoms with E-state index in [-0.39, 0.29) is 37.5 Å². The van der Waals surface area contributed by atoms with Crippen molar-refractivity contribution >= 4 is 17.9 Å². The minimum atomic E-state index is -0.816. The van der Waals surface area contributed by atoms with Gasteiger partial charge >= 0.3 is 17.9 Å². The molecule has 0 aliphatic rings. The fourth-order valence-corrected chi connectivity index (χ4v) is 6.71. The minimum absolute atomic E-state index is 0.110. The summed E-state index contributed by atoms with van der Waals surface area (Å²) in [6.45, 7) is 6.51. The van der Waals surface area contributed by atoms with Gasteiger partial charge in [0.05, 0.1) is 0 Å². The van der Waals surface area contributed by atoms with Crippen LogP contribution in [0.25, 0.3) is 0 Å². The van der Waals surface area contributed by atoms with Crippen LogP contribution in [-0.4, -0.2) is 37.2 Å². The second kappa shape index (κ2) is 47.8. The fourth-order valence-electron chi connectivity index (χ4n) is 6.71. The van der Waals surface area contributed by atoms with Gasteiger partial charge in [-0.25, -0.2) is 0 Å². The maximum Gasteiger partial charge on any atom is 0.306 e. The first-order valence-electron chi connectivity index (χ1n) is 24.8. The van der Waals surface area contributed by atoms with Crippen molar-refractivity contribution in [3.05, 3.63) is 60.8 Å². The first-order chi connectivity index (χ1) is 29.0. The lowest BCUT2D eigenvalue weighted by Gasteiger charge is -2.18. The highest BCUT2D eigenvalue weighted by Gasteiger charge is 2.19. The molecule has 1 unspecified atom stereocenters. The molecule has 0 bridgehead atoms. The number of unbranched alkanes of at least 4 members (excludes halogenated alkanes) is 24. The molecule has 59 heavy (non-hydrogen) atoms.